The minimum absolute atomic E-state index is 0. The topological polar surface area (TPSA) is 76.5 Å². The molecule has 6 aromatic rings. The second-order valence-electron chi connectivity index (χ2n) is 14.6. The Labute approximate surface area is 310 Å². The zero-order chi connectivity index (χ0) is 35.6. The molecule has 0 aliphatic carbocycles. The smallest absolute Gasteiger partial charge is 0.164 e. The summed E-state index contributed by atoms with van der Waals surface area (Å²) in [5, 5.41) is 14.5. The van der Waals surface area contributed by atoms with Crippen LogP contribution in [0.2, 0.25) is 0 Å². The first-order chi connectivity index (χ1) is 23.3. The van der Waals surface area contributed by atoms with Crippen LogP contribution in [0.1, 0.15) is 93.6 Å². The SMILES string of the molecule is CC(C)(C)c1cc(-c2nccc3oc(-c4coc5ccccc45)cc23)[c-]c2ccccc12.CCC(C)(CC)C(=O)/C=C(\O)C(C)(CC)CC.[Ir]. The van der Waals surface area contributed by atoms with E-state index < -0.39 is 0 Å². The predicted octanol–water partition coefficient (Wildman–Crippen LogP) is 12.8. The van der Waals surface area contributed by atoms with E-state index in [1.165, 1.54) is 17.0 Å². The number of hydrogen-bond acceptors (Lipinski definition) is 5. The molecule has 0 aliphatic rings. The number of allylic oxidation sites excluding steroid dienone is 2. The Morgan fingerprint density at radius 2 is 1.42 bits per heavy atom. The van der Waals surface area contributed by atoms with Crippen LogP contribution in [0.3, 0.4) is 0 Å². The van der Waals surface area contributed by atoms with E-state index in [9.17, 15) is 9.90 Å². The second-order valence-corrected chi connectivity index (χ2v) is 14.6. The summed E-state index contributed by atoms with van der Waals surface area (Å²) in [6.45, 7) is 18.8. The van der Waals surface area contributed by atoms with Crippen molar-refractivity contribution in [2.75, 3.05) is 0 Å². The van der Waals surface area contributed by atoms with E-state index in [4.69, 9.17) is 13.8 Å². The van der Waals surface area contributed by atoms with Crippen molar-refractivity contribution in [3.05, 3.63) is 103 Å². The number of fused-ring (bicyclic) bond motifs is 3. The molecule has 3 heterocycles. The van der Waals surface area contributed by atoms with Crippen molar-refractivity contribution in [2.45, 2.75) is 93.4 Å². The Bertz CT molecular complexity index is 2120. The molecule has 5 nitrogen and oxygen atoms in total. The molecular formula is C44H50IrNO4-. The number of aromatic nitrogens is 1. The summed E-state index contributed by atoms with van der Waals surface area (Å²) < 4.78 is 12.0. The molecule has 1 radical (unpaired) electrons. The van der Waals surface area contributed by atoms with Crippen LogP contribution in [0, 0.1) is 16.9 Å². The van der Waals surface area contributed by atoms with Gasteiger partial charge in [-0.05, 0) is 49.3 Å². The first kappa shape index (κ1) is 38.8. The molecule has 0 atom stereocenters. The average Bonchev–Trinajstić information content (AvgIpc) is 3.74. The van der Waals surface area contributed by atoms with Crippen LogP contribution in [0.15, 0.2) is 99.9 Å². The number of benzene rings is 3. The number of carbonyl (C=O) groups excluding carboxylic acids is 1. The maximum Gasteiger partial charge on any atom is 0.164 e. The standard InChI is InChI=1S/C29H22NO2.C15H28O2.Ir/c1-29(2,3)24-15-19(14-18-8-4-5-9-20(18)24)28-22-16-27(32-26(22)12-13-30-28)23-17-31-25-11-7-6-10-21(23)25;1-7-14(5,8-2)12(16)11-13(17)15(6,9-3)10-4;/h4-13,15-17H,1-3H3;11,16H,7-10H2,1-6H3;/q-1;;/b;12-11-;. The van der Waals surface area contributed by atoms with E-state index in [0.29, 0.717) is 0 Å². The monoisotopic (exact) mass is 849 g/mol. The minimum Gasteiger partial charge on any atom is -0.512 e. The molecule has 0 amide bonds. The van der Waals surface area contributed by atoms with E-state index in [-0.39, 0.29) is 47.9 Å². The van der Waals surface area contributed by atoms with Crippen LogP contribution in [0.4, 0.5) is 0 Å². The fourth-order valence-corrected chi connectivity index (χ4v) is 6.14. The van der Waals surface area contributed by atoms with E-state index in [1.807, 2.05) is 71.9 Å². The van der Waals surface area contributed by atoms with Crippen LogP contribution < -0.4 is 0 Å². The van der Waals surface area contributed by atoms with Gasteiger partial charge in [0.2, 0.25) is 0 Å². The molecule has 0 saturated carbocycles. The third-order valence-electron chi connectivity index (χ3n) is 10.6. The number of carbonyl (C=O) groups is 1. The number of nitrogens with zero attached hydrogens (tertiary/aromatic N) is 1. The van der Waals surface area contributed by atoms with Crippen molar-refractivity contribution in [2.24, 2.45) is 10.8 Å². The Hall–Kier alpha value is -3.99. The van der Waals surface area contributed by atoms with Crippen molar-refractivity contribution in [1.29, 1.82) is 0 Å². The van der Waals surface area contributed by atoms with E-state index >= 15 is 0 Å². The van der Waals surface area contributed by atoms with Gasteiger partial charge < -0.3 is 13.9 Å². The van der Waals surface area contributed by atoms with Crippen LogP contribution in [-0.4, -0.2) is 15.9 Å². The third-order valence-corrected chi connectivity index (χ3v) is 10.6. The van der Waals surface area contributed by atoms with E-state index in [1.54, 1.807) is 12.5 Å². The molecule has 3 aromatic carbocycles. The van der Waals surface area contributed by atoms with Gasteiger partial charge in [-0.3, -0.25) is 9.78 Å². The number of aliphatic hydroxyl groups excluding tert-OH is 1. The molecule has 50 heavy (non-hydrogen) atoms. The van der Waals surface area contributed by atoms with Gasteiger partial charge in [-0.25, -0.2) is 0 Å². The van der Waals surface area contributed by atoms with E-state index in [2.05, 4.69) is 63.2 Å². The second kappa shape index (κ2) is 15.5. The summed E-state index contributed by atoms with van der Waals surface area (Å²) in [6.07, 6.45) is 8.32. The van der Waals surface area contributed by atoms with Gasteiger partial charge in [-0.1, -0.05) is 110 Å². The molecular weight excluding hydrogens is 799 g/mol. The maximum absolute atomic E-state index is 12.2. The Kier molecular flexibility index (Phi) is 12.0. The Morgan fingerprint density at radius 1 is 0.800 bits per heavy atom. The zero-order valence-electron chi connectivity index (χ0n) is 30.9. The van der Waals surface area contributed by atoms with Crippen LogP contribution >= 0.6 is 0 Å². The summed E-state index contributed by atoms with van der Waals surface area (Å²) in [6, 6.07) is 26.2. The largest absolute Gasteiger partial charge is 0.512 e. The van der Waals surface area contributed by atoms with Gasteiger partial charge in [-0.2, -0.15) is 0 Å². The van der Waals surface area contributed by atoms with E-state index in [0.717, 1.165) is 75.6 Å². The molecule has 0 unspecified atom stereocenters. The Balaban J connectivity index is 0.000000269. The molecule has 1 N–H and O–H groups in total. The fraction of sp³-hybridized carbons (Fsp3) is 0.364. The molecule has 3 aromatic heterocycles. The minimum atomic E-state index is -0.337. The number of aliphatic hydroxyl groups is 1. The van der Waals surface area contributed by atoms with Crippen molar-refractivity contribution in [3.63, 3.8) is 0 Å². The molecule has 0 saturated heterocycles. The van der Waals surface area contributed by atoms with Gasteiger partial charge in [-0.15, -0.1) is 29.1 Å². The average molecular weight is 849 g/mol. The molecule has 0 spiro atoms. The molecule has 6 rings (SSSR count). The first-order valence-electron chi connectivity index (χ1n) is 17.5. The number of pyridine rings is 1. The van der Waals surface area contributed by atoms with Crippen molar-refractivity contribution in [3.8, 4) is 22.6 Å². The summed E-state index contributed by atoms with van der Waals surface area (Å²) in [4.78, 5) is 16.9. The third kappa shape index (κ3) is 7.67. The zero-order valence-corrected chi connectivity index (χ0v) is 33.3. The summed E-state index contributed by atoms with van der Waals surface area (Å²) in [5.74, 6) is 1.06. The molecule has 0 fully saturated rings. The van der Waals surface area contributed by atoms with Crippen LogP contribution in [-0.2, 0) is 30.3 Å². The van der Waals surface area contributed by atoms with Gasteiger partial charge in [0.25, 0.3) is 0 Å². The van der Waals surface area contributed by atoms with Crippen LogP contribution in [0.25, 0.3) is 55.3 Å². The van der Waals surface area contributed by atoms with Crippen molar-refractivity contribution >= 4 is 38.5 Å². The summed E-state index contributed by atoms with van der Waals surface area (Å²) in [5.41, 5.74) is 5.12. The summed E-state index contributed by atoms with van der Waals surface area (Å²) in [7, 11) is 0. The van der Waals surface area contributed by atoms with Gasteiger partial charge in [0.15, 0.2) is 5.78 Å². The van der Waals surface area contributed by atoms with Gasteiger partial charge in [0.05, 0.1) is 5.56 Å². The quantitative estimate of drug-likeness (QED) is 0.0891. The van der Waals surface area contributed by atoms with Gasteiger partial charge in [0, 0.05) is 59.7 Å². The molecule has 6 heteroatoms. The Morgan fingerprint density at radius 3 is 2.06 bits per heavy atom. The molecule has 0 aliphatic heterocycles. The number of para-hydroxylation sites is 1. The van der Waals surface area contributed by atoms with Gasteiger partial charge >= 0.3 is 0 Å². The number of furan rings is 2. The molecule has 0 bridgehead atoms. The summed E-state index contributed by atoms with van der Waals surface area (Å²) >= 11 is 0. The first-order valence-corrected chi connectivity index (χ1v) is 17.5. The number of ketones is 1. The fourth-order valence-electron chi connectivity index (χ4n) is 6.14. The number of hydrogen-bond donors (Lipinski definition) is 1. The van der Waals surface area contributed by atoms with Crippen molar-refractivity contribution in [1.82, 2.24) is 4.98 Å². The maximum atomic E-state index is 12.2. The molecule has 265 valence electrons. The normalized spacial score (nSPS) is 12.5. The van der Waals surface area contributed by atoms with Crippen molar-refractivity contribution < 1.29 is 38.8 Å². The van der Waals surface area contributed by atoms with Crippen LogP contribution in [0.5, 0.6) is 0 Å². The predicted molar refractivity (Wildman–Crippen MR) is 203 cm³/mol. The van der Waals surface area contributed by atoms with Gasteiger partial charge in [0.1, 0.15) is 28.9 Å². The number of rotatable bonds is 9.